The van der Waals surface area contributed by atoms with Gasteiger partial charge >= 0.3 is 0 Å². The normalized spacial score (nSPS) is 10.5. The van der Waals surface area contributed by atoms with E-state index in [1.165, 1.54) is 30.4 Å². The second kappa shape index (κ2) is 7.85. The van der Waals surface area contributed by atoms with E-state index in [1.807, 2.05) is 24.3 Å². The summed E-state index contributed by atoms with van der Waals surface area (Å²) in [5.74, 6) is -0.343. The second-order valence-electron chi connectivity index (χ2n) is 5.54. The molecule has 1 aromatic heterocycles. The fraction of sp³-hybridized carbons (Fsp3) is 0.167. The summed E-state index contributed by atoms with van der Waals surface area (Å²) >= 11 is 1.47. The number of amides is 1. The van der Waals surface area contributed by atoms with Gasteiger partial charge in [-0.05, 0) is 35.4 Å². The van der Waals surface area contributed by atoms with Crippen LogP contribution in [0.1, 0.15) is 23.1 Å². The molecule has 2 N–H and O–H groups in total. The molecular formula is C18H17FN4OS. The van der Waals surface area contributed by atoms with Crippen LogP contribution in [0.3, 0.4) is 0 Å². The van der Waals surface area contributed by atoms with E-state index in [1.54, 1.807) is 12.1 Å². The zero-order valence-corrected chi connectivity index (χ0v) is 14.4. The zero-order chi connectivity index (χ0) is 17.6. The van der Waals surface area contributed by atoms with Crippen LogP contribution in [0.25, 0.3) is 0 Å². The first-order chi connectivity index (χ1) is 12.1. The van der Waals surface area contributed by atoms with Gasteiger partial charge < -0.3 is 10.6 Å². The number of aromatic nitrogens is 2. The highest BCUT2D eigenvalue weighted by molar-refractivity contribution is 7.15. The fourth-order valence-electron chi connectivity index (χ4n) is 2.31. The Balaban J connectivity index is 1.58. The van der Waals surface area contributed by atoms with E-state index < -0.39 is 0 Å². The van der Waals surface area contributed by atoms with E-state index in [-0.39, 0.29) is 11.7 Å². The molecule has 128 valence electrons. The van der Waals surface area contributed by atoms with Crippen LogP contribution >= 0.6 is 11.3 Å². The summed E-state index contributed by atoms with van der Waals surface area (Å²) in [7, 11) is 0. The maximum Gasteiger partial charge on any atom is 0.221 e. The molecule has 0 unspecified atom stereocenters. The van der Waals surface area contributed by atoms with Crippen molar-refractivity contribution in [2.45, 2.75) is 19.9 Å². The molecule has 0 fully saturated rings. The Morgan fingerprint density at radius 1 is 1.12 bits per heavy atom. The van der Waals surface area contributed by atoms with Gasteiger partial charge in [0.05, 0.1) is 0 Å². The summed E-state index contributed by atoms with van der Waals surface area (Å²) in [6.07, 6.45) is 0.623. The third-order valence-electron chi connectivity index (χ3n) is 3.43. The van der Waals surface area contributed by atoms with Gasteiger partial charge in [-0.3, -0.25) is 4.79 Å². The maximum absolute atomic E-state index is 12.9. The maximum atomic E-state index is 12.9. The summed E-state index contributed by atoms with van der Waals surface area (Å²) in [4.78, 5) is 11.1. The SMILES string of the molecule is CC(=O)Nc1cccc(CNc2nnc(Cc3ccc(F)cc3)s2)c1. The molecule has 0 spiro atoms. The van der Waals surface area contributed by atoms with Gasteiger partial charge in [-0.25, -0.2) is 4.39 Å². The van der Waals surface area contributed by atoms with Gasteiger partial charge in [0.15, 0.2) is 0 Å². The predicted molar refractivity (Wildman–Crippen MR) is 97.2 cm³/mol. The van der Waals surface area contributed by atoms with Crippen molar-refractivity contribution in [2.24, 2.45) is 0 Å². The first-order valence-electron chi connectivity index (χ1n) is 7.76. The van der Waals surface area contributed by atoms with E-state index in [0.717, 1.165) is 27.0 Å². The topological polar surface area (TPSA) is 66.9 Å². The molecule has 0 aliphatic heterocycles. The Labute approximate surface area is 148 Å². The lowest BCUT2D eigenvalue weighted by Gasteiger charge is -2.06. The lowest BCUT2D eigenvalue weighted by molar-refractivity contribution is -0.114. The number of nitrogens with one attached hydrogen (secondary N) is 2. The van der Waals surface area contributed by atoms with E-state index in [4.69, 9.17) is 0 Å². The third-order valence-corrected chi connectivity index (χ3v) is 4.31. The Kier molecular flexibility index (Phi) is 5.35. The minimum Gasteiger partial charge on any atom is -0.356 e. The minimum atomic E-state index is -0.245. The Morgan fingerprint density at radius 2 is 1.92 bits per heavy atom. The minimum absolute atomic E-state index is 0.0975. The molecule has 0 aliphatic rings. The molecule has 0 atom stereocenters. The van der Waals surface area contributed by atoms with Gasteiger partial charge in [0.25, 0.3) is 0 Å². The molecule has 1 heterocycles. The number of hydrogen-bond acceptors (Lipinski definition) is 5. The molecule has 3 aromatic rings. The number of benzene rings is 2. The smallest absolute Gasteiger partial charge is 0.221 e. The lowest BCUT2D eigenvalue weighted by Crippen LogP contribution is -2.06. The molecule has 5 nitrogen and oxygen atoms in total. The zero-order valence-electron chi connectivity index (χ0n) is 13.6. The van der Waals surface area contributed by atoms with Crippen molar-refractivity contribution in [3.05, 3.63) is 70.5 Å². The molecule has 0 radical (unpaired) electrons. The molecule has 0 saturated heterocycles. The fourth-order valence-corrected chi connectivity index (χ4v) is 3.08. The highest BCUT2D eigenvalue weighted by Crippen LogP contribution is 2.20. The van der Waals surface area contributed by atoms with E-state index in [9.17, 15) is 9.18 Å². The van der Waals surface area contributed by atoms with E-state index >= 15 is 0 Å². The summed E-state index contributed by atoms with van der Waals surface area (Å²) < 4.78 is 12.9. The summed E-state index contributed by atoms with van der Waals surface area (Å²) in [5.41, 5.74) is 2.79. The van der Waals surface area contributed by atoms with Crippen LogP contribution in [0.5, 0.6) is 0 Å². The van der Waals surface area contributed by atoms with Crippen molar-refractivity contribution >= 4 is 28.1 Å². The van der Waals surface area contributed by atoms with Gasteiger partial charge in [-0.1, -0.05) is 35.6 Å². The highest BCUT2D eigenvalue weighted by Gasteiger charge is 2.06. The lowest BCUT2D eigenvalue weighted by atomic mass is 10.2. The molecular weight excluding hydrogens is 339 g/mol. The molecule has 0 saturated carbocycles. The van der Waals surface area contributed by atoms with Gasteiger partial charge in [0, 0.05) is 25.6 Å². The molecule has 0 aliphatic carbocycles. The van der Waals surface area contributed by atoms with Crippen LogP contribution in [0, 0.1) is 5.82 Å². The van der Waals surface area contributed by atoms with Crippen LogP contribution in [-0.2, 0) is 17.8 Å². The van der Waals surface area contributed by atoms with Crippen molar-refractivity contribution in [1.29, 1.82) is 0 Å². The summed E-state index contributed by atoms with van der Waals surface area (Å²) in [6, 6.07) is 14.0. The Bertz CT molecular complexity index is 864. The Morgan fingerprint density at radius 3 is 2.68 bits per heavy atom. The average molecular weight is 356 g/mol. The number of anilines is 2. The molecule has 7 heteroatoms. The van der Waals surface area contributed by atoms with Crippen LogP contribution in [0.4, 0.5) is 15.2 Å². The third kappa shape index (κ3) is 5.09. The first-order valence-corrected chi connectivity index (χ1v) is 8.57. The van der Waals surface area contributed by atoms with Crippen molar-refractivity contribution in [3.63, 3.8) is 0 Å². The average Bonchev–Trinajstić information content (AvgIpc) is 3.02. The van der Waals surface area contributed by atoms with Gasteiger partial charge in [0.2, 0.25) is 11.0 Å². The molecule has 2 aromatic carbocycles. The number of nitrogens with zero attached hydrogens (tertiary/aromatic N) is 2. The van der Waals surface area contributed by atoms with Crippen molar-refractivity contribution in [2.75, 3.05) is 10.6 Å². The highest BCUT2D eigenvalue weighted by atomic mass is 32.1. The number of carbonyl (C=O) groups excluding carboxylic acids is 1. The number of halogens is 1. The first kappa shape index (κ1) is 17.0. The largest absolute Gasteiger partial charge is 0.356 e. The van der Waals surface area contributed by atoms with Crippen LogP contribution in [0.2, 0.25) is 0 Å². The van der Waals surface area contributed by atoms with Gasteiger partial charge in [-0.15, -0.1) is 10.2 Å². The van der Waals surface area contributed by atoms with Gasteiger partial charge in [0.1, 0.15) is 10.8 Å². The van der Waals surface area contributed by atoms with E-state index in [0.29, 0.717) is 13.0 Å². The van der Waals surface area contributed by atoms with Crippen molar-refractivity contribution in [3.8, 4) is 0 Å². The molecule has 3 rings (SSSR count). The number of carbonyl (C=O) groups is 1. The predicted octanol–water partition coefficient (Wildman–Crippen LogP) is 3.84. The van der Waals surface area contributed by atoms with Gasteiger partial charge in [-0.2, -0.15) is 0 Å². The number of rotatable bonds is 6. The van der Waals surface area contributed by atoms with Crippen LogP contribution in [-0.4, -0.2) is 16.1 Å². The van der Waals surface area contributed by atoms with Crippen LogP contribution < -0.4 is 10.6 Å². The van der Waals surface area contributed by atoms with Crippen molar-refractivity contribution < 1.29 is 9.18 Å². The summed E-state index contributed by atoms with van der Waals surface area (Å²) in [5, 5.41) is 15.9. The quantitative estimate of drug-likeness (QED) is 0.704. The number of hydrogen-bond donors (Lipinski definition) is 2. The molecule has 1 amide bonds. The monoisotopic (exact) mass is 356 g/mol. The van der Waals surface area contributed by atoms with E-state index in [2.05, 4.69) is 20.8 Å². The molecule has 0 bridgehead atoms. The van der Waals surface area contributed by atoms with Crippen molar-refractivity contribution in [1.82, 2.24) is 10.2 Å². The molecule has 25 heavy (non-hydrogen) atoms. The summed E-state index contributed by atoms with van der Waals surface area (Å²) in [6.45, 7) is 2.06. The Hall–Kier alpha value is -2.80. The standard InChI is InChI=1S/C18H17FN4OS/c1-12(24)21-16-4-2-3-14(9-16)11-20-18-23-22-17(25-18)10-13-5-7-15(19)8-6-13/h2-9H,10-11H2,1H3,(H,20,23)(H,21,24). The second-order valence-corrected chi connectivity index (χ2v) is 6.60. The van der Waals surface area contributed by atoms with Crippen LogP contribution in [0.15, 0.2) is 48.5 Å².